The smallest absolute Gasteiger partial charge is 0.338 e. The summed E-state index contributed by atoms with van der Waals surface area (Å²) in [5, 5.41) is 5.65. The Labute approximate surface area is 132 Å². The van der Waals surface area contributed by atoms with Gasteiger partial charge < -0.3 is 15.4 Å². The molecular formula is C14H14Cl2N2O3. The van der Waals surface area contributed by atoms with E-state index in [9.17, 15) is 9.59 Å². The van der Waals surface area contributed by atoms with Gasteiger partial charge in [0.1, 0.15) is 0 Å². The van der Waals surface area contributed by atoms with Gasteiger partial charge in [0.2, 0.25) is 0 Å². The Morgan fingerprint density at radius 2 is 2.10 bits per heavy atom. The molecule has 1 aliphatic heterocycles. The highest BCUT2D eigenvalue weighted by molar-refractivity contribution is 6.31. The van der Waals surface area contributed by atoms with Gasteiger partial charge in [0.25, 0.3) is 0 Å². The maximum Gasteiger partial charge on any atom is 0.338 e. The van der Waals surface area contributed by atoms with E-state index < -0.39 is 18.0 Å². The molecule has 0 spiro atoms. The lowest BCUT2D eigenvalue weighted by atomic mass is 9.95. The monoisotopic (exact) mass is 328 g/mol. The summed E-state index contributed by atoms with van der Waals surface area (Å²) in [7, 11) is 0. The van der Waals surface area contributed by atoms with Crippen molar-refractivity contribution >= 4 is 35.2 Å². The molecule has 0 aliphatic carbocycles. The van der Waals surface area contributed by atoms with Gasteiger partial charge >= 0.3 is 12.0 Å². The zero-order valence-corrected chi connectivity index (χ0v) is 12.8. The molecule has 1 heterocycles. The van der Waals surface area contributed by atoms with Gasteiger partial charge in [-0.05, 0) is 18.6 Å². The average Bonchev–Trinajstić information content (AvgIpc) is 2.46. The minimum absolute atomic E-state index is 0.0114. The molecule has 5 nitrogen and oxygen atoms in total. The predicted octanol–water partition coefficient (Wildman–Crippen LogP) is 2.75. The van der Waals surface area contributed by atoms with E-state index in [1.54, 1.807) is 31.2 Å². The first-order valence-corrected chi connectivity index (χ1v) is 7.27. The van der Waals surface area contributed by atoms with Crippen LogP contribution in [0.1, 0.15) is 18.5 Å². The van der Waals surface area contributed by atoms with Crippen LogP contribution < -0.4 is 10.6 Å². The van der Waals surface area contributed by atoms with E-state index in [2.05, 4.69) is 10.6 Å². The van der Waals surface area contributed by atoms with E-state index in [4.69, 9.17) is 27.9 Å². The zero-order chi connectivity index (χ0) is 15.4. The Hall–Kier alpha value is -1.72. The number of urea groups is 1. The summed E-state index contributed by atoms with van der Waals surface area (Å²) in [5.74, 6) is -0.548. The number of rotatable bonds is 4. The van der Waals surface area contributed by atoms with Crippen LogP contribution in [0, 0.1) is 0 Å². The molecular weight excluding hydrogens is 315 g/mol. The third-order valence-electron chi connectivity index (χ3n) is 3.00. The molecule has 2 amide bonds. The molecule has 2 rings (SSSR count). The highest BCUT2D eigenvalue weighted by atomic mass is 35.5. The first kappa shape index (κ1) is 15.7. The fourth-order valence-electron chi connectivity index (χ4n) is 2.12. The molecule has 0 bridgehead atoms. The largest absolute Gasteiger partial charge is 0.463 e. The molecule has 0 unspecified atom stereocenters. The fourth-order valence-corrected chi connectivity index (χ4v) is 2.57. The van der Waals surface area contributed by atoms with Gasteiger partial charge in [0.05, 0.1) is 24.1 Å². The number of ether oxygens (including phenoxy) is 1. The molecule has 1 aromatic rings. The van der Waals surface area contributed by atoms with E-state index in [1.807, 2.05) is 0 Å². The van der Waals surface area contributed by atoms with Crippen molar-refractivity contribution in [1.29, 1.82) is 0 Å². The number of carbonyl (C=O) groups is 2. The van der Waals surface area contributed by atoms with Gasteiger partial charge in [-0.25, -0.2) is 9.59 Å². The molecule has 0 aromatic heterocycles. The predicted molar refractivity (Wildman–Crippen MR) is 80.2 cm³/mol. The molecule has 1 aliphatic rings. The van der Waals surface area contributed by atoms with Gasteiger partial charge in [-0.1, -0.05) is 29.8 Å². The minimum Gasteiger partial charge on any atom is -0.463 e. The Morgan fingerprint density at radius 1 is 1.38 bits per heavy atom. The molecule has 0 radical (unpaired) electrons. The number of halogens is 2. The van der Waals surface area contributed by atoms with E-state index >= 15 is 0 Å². The molecule has 0 fully saturated rings. The van der Waals surface area contributed by atoms with Crippen LogP contribution in [0.4, 0.5) is 4.79 Å². The van der Waals surface area contributed by atoms with Crippen molar-refractivity contribution in [3.8, 4) is 0 Å². The van der Waals surface area contributed by atoms with Crippen molar-refractivity contribution in [1.82, 2.24) is 10.6 Å². The summed E-state index contributed by atoms with van der Waals surface area (Å²) in [4.78, 5) is 23.9. The summed E-state index contributed by atoms with van der Waals surface area (Å²) < 4.78 is 5.05. The SMILES string of the molecule is CCOC(=O)C1=C(CCl)NC(=O)N[C@@H]1c1ccccc1Cl. The van der Waals surface area contributed by atoms with E-state index in [1.165, 1.54) is 0 Å². The molecule has 2 N–H and O–H groups in total. The highest BCUT2D eigenvalue weighted by Gasteiger charge is 2.34. The lowest BCUT2D eigenvalue weighted by Crippen LogP contribution is -2.46. The summed E-state index contributed by atoms with van der Waals surface area (Å²) >= 11 is 12.0. The molecule has 21 heavy (non-hydrogen) atoms. The number of allylic oxidation sites excluding steroid dienone is 1. The van der Waals surface area contributed by atoms with Gasteiger partial charge in [0, 0.05) is 10.7 Å². The molecule has 1 atom stereocenters. The van der Waals surface area contributed by atoms with Crippen molar-refractivity contribution in [3.05, 3.63) is 46.1 Å². The zero-order valence-electron chi connectivity index (χ0n) is 11.3. The molecule has 0 saturated carbocycles. The molecule has 7 heteroatoms. The number of hydrogen-bond acceptors (Lipinski definition) is 3. The summed E-state index contributed by atoms with van der Waals surface area (Å²) in [5.41, 5.74) is 1.20. The van der Waals surface area contributed by atoms with Crippen molar-refractivity contribution in [3.63, 3.8) is 0 Å². The lowest BCUT2D eigenvalue weighted by molar-refractivity contribution is -0.139. The highest BCUT2D eigenvalue weighted by Crippen LogP contribution is 2.32. The first-order chi connectivity index (χ1) is 10.1. The Morgan fingerprint density at radius 3 is 2.71 bits per heavy atom. The van der Waals surface area contributed by atoms with Crippen LogP contribution in [-0.4, -0.2) is 24.5 Å². The standard InChI is InChI=1S/C14H14Cl2N2O3/c1-2-21-13(19)11-10(7-15)17-14(20)18-12(11)8-5-3-4-6-9(8)16/h3-6,12H,2,7H2,1H3,(H2,17,18,20)/t12-/m1/s1. The normalized spacial score (nSPS) is 18.0. The van der Waals surface area contributed by atoms with Crippen molar-refractivity contribution in [2.75, 3.05) is 12.5 Å². The number of esters is 1. The van der Waals surface area contributed by atoms with Crippen molar-refractivity contribution in [2.45, 2.75) is 13.0 Å². The lowest BCUT2D eigenvalue weighted by Gasteiger charge is -2.29. The maximum atomic E-state index is 12.2. The quantitative estimate of drug-likeness (QED) is 0.659. The average molecular weight is 329 g/mol. The van der Waals surface area contributed by atoms with E-state index in [-0.39, 0.29) is 18.1 Å². The third-order valence-corrected chi connectivity index (χ3v) is 3.61. The van der Waals surface area contributed by atoms with Gasteiger partial charge in [0.15, 0.2) is 0 Å². The van der Waals surface area contributed by atoms with Crippen LogP contribution in [-0.2, 0) is 9.53 Å². The Kier molecular flexibility index (Phi) is 5.09. The topological polar surface area (TPSA) is 67.4 Å². The van der Waals surface area contributed by atoms with Gasteiger partial charge in [-0.3, -0.25) is 0 Å². The second-order valence-corrected chi connectivity index (χ2v) is 4.97. The van der Waals surface area contributed by atoms with Crippen LogP contribution in [0.25, 0.3) is 0 Å². The number of carbonyl (C=O) groups excluding carboxylic acids is 2. The van der Waals surface area contributed by atoms with Crippen LogP contribution in [0.2, 0.25) is 5.02 Å². The Bertz CT molecular complexity index is 602. The van der Waals surface area contributed by atoms with Gasteiger partial charge in [-0.15, -0.1) is 11.6 Å². The number of hydrogen-bond donors (Lipinski definition) is 2. The Balaban J connectivity index is 2.52. The number of benzene rings is 1. The first-order valence-electron chi connectivity index (χ1n) is 6.36. The summed E-state index contributed by atoms with van der Waals surface area (Å²) in [6, 6.07) is 5.84. The van der Waals surface area contributed by atoms with Crippen LogP contribution in [0.5, 0.6) is 0 Å². The second-order valence-electron chi connectivity index (χ2n) is 4.30. The van der Waals surface area contributed by atoms with Crippen LogP contribution in [0.3, 0.4) is 0 Å². The van der Waals surface area contributed by atoms with Gasteiger partial charge in [-0.2, -0.15) is 0 Å². The van der Waals surface area contributed by atoms with Crippen LogP contribution in [0.15, 0.2) is 35.5 Å². The summed E-state index contributed by atoms with van der Waals surface area (Å²) in [6.07, 6.45) is 0. The van der Waals surface area contributed by atoms with Crippen molar-refractivity contribution in [2.24, 2.45) is 0 Å². The molecule has 0 saturated heterocycles. The van der Waals surface area contributed by atoms with E-state index in [0.29, 0.717) is 16.3 Å². The van der Waals surface area contributed by atoms with Crippen LogP contribution >= 0.6 is 23.2 Å². The number of amides is 2. The molecule has 112 valence electrons. The van der Waals surface area contributed by atoms with E-state index in [0.717, 1.165) is 0 Å². The van der Waals surface area contributed by atoms with Crippen molar-refractivity contribution < 1.29 is 14.3 Å². The number of nitrogens with one attached hydrogen (secondary N) is 2. The third kappa shape index (κ3) is 3.31. The maximum absolute atomic E-state index is 12.2. The summed E-state index contributed by atoms with van der Waals surface area (Å²) in [6.45, 7) is 1.93. The second kappa shape index (κ2) is 6.83. The number of alkyl halides is 1. The minimum atomic E-state index is -0.694. The fraction of sp³-hybridized carbons (Fsp3) is 0.286. The molecule has 1 aromatic carbocycles.